The van der Waals surface area contributed by atoms with E-state index in [4.69, 9.17) is 10.5 Å². The second-order valence-electron chi connectivity index (χ2n) is 4.47. The maximum atomic E-state index is 5.85. The Morgan fingerprint density at radius 2 is 2.22 bits per heavy atom. The van der Waals surface area contributed by atoms with E-state index in [2.05, 4.69) is 22.4 Å². The van der Waals surface area contributed by atoms with Crippen LogP contribution < -0.4 is 15.4 Å². The molecule has 4 heteroatoms. The molecule has 1 aromatic heterocycles. The third-order valence-electron chi connectivity index (χ3n) is 3.39. The SMILES string of the molecule is COc1cc(N2CCc3sccc3C2)ccc1N. The van der Waals surface area contributed by atoms with Crippen molar-refractivity contribution in [1.29, 1.82) is 0 Å². The molecular formula is C14H16N2OS. The van der Waals surface area contributed by atoms with Crippen molar-refractivity contribution in [3.05, 3.63) is 40.1 Å². The van der Waals surface area contributed by atoms with Gasteiger partial charge in [0.15, 0.2) is 0 Å². The Kier molecular flexibility index (Phi) is 2.88. The topological polar surface area (TPSA) is 38.5 Å². The molecule has 0 fully saturated rings. The summed E-state index contributed by atoms with van der Waals surface area (Å²) in [6.45, 7) is 2.03. The van der Waals surface area contributed by atoms with Gasteiger partial charge >= 0.3 is 0 Å². The van der Waals surface area contributed by atoms with Gasteiger partial charge in [-0.05, 0) is 35.6 Å². The molecule has 0 unspecified atom stereocenters. The van der Waals surface area contributed by atoms with Crippen molar-refractivity contribution in [2.24, 2.45) is 0 Å². The molecule has 3 rings (SSSR count). The standard InChI is InChI=1S/C14H16N2OS/c1-17-13-8-11(2-3-12(13)15)16-6-4-14-10(9-16)5-7-18-14/h2-3,5,7-8H,4,6,9,15H2,1H3. The third-order valence-corrected chi connectivity index (χ3v) is 4.41. The van der Waals surface area contributed by atoms with Crippen molar-refractivity contribution in [2.45, 2.75) is 13.0 Å². The van der Waals surface area contributed by atoms with Crippen molar-refractivity contribution in [1.82, 2.24) is 0 Å². The zero-order valence-electron chi connectivity index (χ0n) is 10.3. The van der Waals surface area contributed by atoms with Crippen molar-refractivity contribution >= 4 is 22.7 Å². The van der Waals surface area contributed by atoms with Gasteiger partial charge in [0, 0.05) is 29.7 Å². The Morgan fingerprint density at radius 3 is 3.06 bits per heavy atom. The Bertz CT molecular complexity index is 565. The molecule has 1 aliphatic rings. The van der Waals surface area contributed by atoms with E-state index in [-0.39, 0.29) is 0 Å². The number of nitrogens with two attached hydrogens (primary N) is 1. The molecule has 0 saturated heterocycles. The summed E-state index contributed by atoms with van der Waals surface area (Å²) in [7, 11) is 1.66. The summed E-state index contributed by atoms with van der Waals surface area (Å²) < 4.78 is 5.28. The van der Waals surface area contributed by atoms with Crippen molar-refractivity contribution in [3.8, 4) is 5.75 Å². The smallest absolute Gasteiger partial charge is 0.143 e. The van der Waals surface area contributed by atoms with Crippen LogP contribution in [0.15, 0.2) is 29.6 Å². The summed E-state index contributed by atoms with van der Waals surface area (Å²) in [5.74, 6) is 0.753. The summed E-state index contributed by atoms with van der Waals surface area (Å²) in [4.78, 5) is 3.89. The summed E-state index contributed by atoms with van der Waals surface area (Å²) in [6, 6.07) is 8.22. The normalized spacial score (nSPS) is 14.4. The lowest BCUT2D eigenvalue weighted by atomic mass is 10.1. The number of fused-ring (bicyclic) bond motifs is 1. The molecule has 0 spiro atoms. The van der Waals surface area contributed by atoms with Gasteiger partial charge in [-0.1, -0.05) is 0 Å². The van der Waals surface area contributed by atoms with Gasteiger partial charge < -0.3 is 15.4 Å². The van der Waals surface area contributed by atoms with Gasteiger partial charge in [-0.2, -0.15) is 0 Å². The second kappa shape index (κ2) is 4.53. The van der Waals surface area contributed by atoms with Gasteiger partial charge in [0.1, 0.15) is 5.75 Å². The van der Waals surface area contributed by atoms with E-state index in [9.17, 15) is 0 Å². The van der Waals surface area contributed by atoms with E-state index in [1.165, 1.54) is 16.1 Å². The molecule has 2 aromatic rings. The number of thiophene rings is 1. The number of benzene rings is 1. The first-order chi connectivity index (χ1) is 8.78. The quantitative estimate of drug-likeness (QED) is 0.844. The largest absolute Gasteiger partial charge is 0.495 e. The maximum absolute atomic E-state index is 5.85. The highest BCUT2D eigenvalue weighted by Gasteiger charge is 2.18. The molecule has 1 aromatic carbocycles. The van der Waals surface area contributed by atoms with Crippen molar-refractivity contribution in [3.63, 3.8) is 0 Å². The Labute approximate surface area is 111 Å². The molecule has 94 valence electrons. The number of methoxy groups -OCH3 is 1. The van der Waals surface area contributed by atoms with Crippen molar-refractivity contribution < 1.29 is 4.74 Å². The lowest BCUT2D eigenvalue weighted by Gasteiger charge is -2.29. The first-order valence-corrected chi connectivity index (χ1v) is 6.89. The lowest BCUT2D eigenvalue weighted by molar-refractivity contribution is 0.417. The van der Waals surface area contributed by atoms with Gasteiger partial charge in [-0.15, -0.1) is 11.3 Å². The van der Waals surface area contributed by atoms with Gasteiger partial charge in [-0.25, -0.2) is 0 Å². The van der Waals surface area contributed by atoms with Gasteiger partial charge in [0.05, 0.1) is 12.8 Å². The highest BCUT2D eigenvalue weighted by atomic mass is 32.1. The first kappa shape index (κ1) is 11.4. The number of nitrogen functional groups attached to an aromatic ring is 1. The Morgan fingerprint density at radius 1 is 1.33 bits per heavy atom. The second-order valence-corrected chi connectivity index (χ2v) is 5.47. The summed E-state index contributed by atoms with van der Waals surface area (Å²) in [6.07, 6.45) is 1.12. The number of nitrogens with zero attached hydrogens (tertiary/aromatic N) is 1. The van der Waals surface area contributed by atoms with Crippen LogP contribution >= 0.6 is 11.3 Å². The first-order valence-electron chi connectivity index (χ1n) is 6.01. The van der Waals surface area contributed by atoms with Crippen LogP contribution in [0.4, 0.5) is 11.4 Å². The van der Waals surface area contributed by atoms with Gasteiger partial charge in [0.25, 0.3) is 0 Å². The number of rotatable bonds is 2. The molecule has 0 atom stereocenters. The van der Waals surface area contributed by atoms with Crippen LogP contribution in [0, 0.1) is 0 Å². The van der Waals surface area contributed by atoms with Crippen LogP contribution in [0.25, 0.3) is 0 Å². The molecule has 1 aliphatic heterocycles. The molecule has 2 N–H and O–H groups in total. The summed E-state index contributed by atoms with van der Waals surface area (Å²) >= 11 is 1.86. The van der Waals surface area contributed by atoms with E-state index in [0.29, 0.717) is 5.69 Å². The van der Waals surface area contributed by atoms with E-state index in [1.807, 2.05) is 23.5 Å². The van der Waals surface area contributed by atoms with Gasteiger partial charge in [0.2, 0.25) is 0 Å². The predicted molar refractivity (Wildman–Crippen MR) is 76.5 cm³/mol. The van der Waals surface area contributed by atoms with Crippen molar-refractivity contribution in [2.75, 3.05) is 24.3 Å². The van der Waals surface area contributed by atoms with Crippen LogP contribution in [-0.4, -0.2) is 13.7 Å². The Hall–Kier alpha value is -1.68. The van der Waals surface area contributed by atoms with E-state index in [1.54, 1.807) is 7.11 Å². The predicted octanol–water partition coefficient (Wildman–Crippen LogP) is 2.90. The van der Waals surface area contributed by atoms with Crippen LogP contribution in [0.3, 0.4) is 0 Å². The molecule has 0 radical (unpaired) electrons. The van der Waals surface area contributed by atoms with Crippen LogP contribution in [-0.2, 0) is 13.0 Å². The van der Waals surface area contributed by atoms with E-state index < -0.39 is 0 Å². The number of anilines is 2. The maximum Gasteiger partial charge on any atom is 0.143 e. The zero-order chi connectivity index (χ0) is 12.5. The van der Waals surface area contributed by atoms with Crippen LogP contribution in [0.5, 0.6) is 5.75 Å². The average Bonchev–Trinajstić information content (AvgIpc) is 2.86. The van der Waals surface area contributed by atoms with Crippen LogP contribution in [0.1, 0.15) is 10.4 Å². The fraction of sp³-hybridized carbons (Fsp3) is 0.286. The minimum absolute atomic E-state index is 0.689. The minimum atomic E-state index is 0.689. The molecular weight excluding hydrogens is 244 g/mol. The molecule has 0 saturated carbocycles. The van der Waals surface area contributed by atoms with Gasteiger partial charge in [-0.3, -0.25) is 0 Å². The number of ether oxygens (including phenoxy) is 1. The molecule has 0 aliphatic carbocycles. The summed E-state index contributed by atoms with van der Waals surface area (Å²) in [5, 5.41) is 2.18. The molecule has 3 nitrogen and oxygen atoms in total. The monoisotopic (exact) mass is 260 g/mol. The Balaban J connectivity index is 1.88. The van der Waals surface area contributed by atoms with Crippen LogP contribution in [0.2, 0.25) is 0 Å². The van der Waals surface area contributed by atoms with E-state index in [0.717, 1.165) is 25.3 Å². The number of hydrogen-bond acceptors (Lipinski definition) is 4. The molecule has 2 heterocycles. The fourth-order valence-electron chi connectivity index (χ4n) is 2.37. The number of hydrogen-bond donors (Lipinski definition) is 1. The summed E-state index contributed by atoms with van der Waals surface area (Å²) in [5.41, 5.74) is 9.16. The molecule has 0 bridgehead atoms. The molecule has 18 heavy (non-hydrogen) atoms. The third kappa shape index (κ3) is 1.93. The highest BCUT2D eigenvalue weighted by molar-refractivity contribution is 7.10. The zero-order valence-corrected chi connectivity index (χ0v) is 11.2. The fourth-order valence-corrected chi connectivity index (χ4v) is 3.26. The van der Waals surface area contributed by atoms with E-state index >= 15 is 0 Å². The molecule has 0 amide bonds. The highest BCUT2D eigenvalue weighted by Crippen LogP contribution is 2.31. The lowest BCUT2D eigenvalue weighted by Crippen LogP contribution is -2.29. The average molecular weight is 260 g/mol. The minimum Gasteiger partial charge on any atom is -0.495 e.